The molecular weight excluding hydrogens is 346 g/mol. The summed E-state index contributed by atoms with van der Waals surface area (Å²) in [5, 5.41) is 11.1. The number of aliphatic carboxylic acids is 1. The molecule has 0 spiro atoms. The van der Waals surface area contributed by atoms with E-state index in [1.54, 1.807) is 4.90 Å². The molecule has 5 heteroatoms. The van der Waals surface area contributed by atoms with E-state index in [1.165, 1.54) is 0 Å². The van der Waals surface area contributed by atoms with Crippen molar-refractivity contribution in [3.63, 3.8) is 0 Å². The Morgan fingerprint density at radius 2 is 2.00 bits per heavy atom. The predicted octanol–water partition coefficient (Wildman–Crippen LogP) is 3.54. The van der Waals surface area contributed by atoms with Gasteiger partial charge in [0.05, 0.1) is 5.92 Å². The van der Waals surface area contributed by atoms with Gasteiger partial charge >= 0.3 is 5.97 Å². The van der Waals surface area contributed by atoms with E-state index in [4.69, 9.17) is 0 Å². The molecule has 22 heavy (non-hydrogen) atoms. The summed E-state index contributed by atoms with van der Waals surface area (Å²) in [5.41, 5.74) is 0.614. The molecule has 2 unspecified atom stereocenters. The number of carbonyl (C=O) groups is 2. The van der Waals surface area contributed by atoms with E-state index in [9.17, 15) is 14.7 Å². The number of hydrogen-bond acceptors (Lipinski definition) is 2. The Bertz CT molecular complexity index is 759. The highest BCUT2D eigenvalue weighted by Gasteiger charge is 2.38. The zero-order chi connectivity index (χ0) is 15.9. The van der Waals surface area contributed by atoms with Gasteiger partial charge in [-0.05, 0) is 36.2 Å². The van der Waals surface area contributed by atoms with Crippen LogP contribution in [0.3, 0.4) is 0 Å². The molecule has 1 fully saturated rings. The highest BCUT2D eigenvalue weighted by Crippen LogP contribution is 2.30. The van der Waals surface area contributed by atoms with E-state index >= 15 is 0 Å². The molecule has 2 aromatic carbocycles. The van der Waals surface area contributed by atoms with Crippen LogP contribution < -0.4 is 0 Å². The molecule has 1 amide bonds. The minimum absolute atomic E-state index is 0.103. The number of benzene rings is 2. The standard InChI is InChI=1S/C17H16BrNO3/c1-10-13(17(21)22)6-7-19(10)16(20)15-9-12(18)8-11-4-2-3-5-14(11)15/h2-5,8-10,13H,6-7H2,1H3,(H,21,22). The molecule has 0 aromatic heterocycles. The molecule has 0 radical (unpaired) electrons. The molecule has 0 aliphatic carbocycles. The molecule has 1 N–H and O–H groups in total. The van der Waals surface area contributed by atoms with Crippen LogP contribution in [0.1, 0.15) is 23.7 Å². The van der Waals surface area contributed by atoms with Crippen LogP contribution in [0.25, 0.3) is 10.8 Å². The van der Waals surface area contributed by atoms with Gasteiger partial charge in [-0.2, -0.15) is 0 Å². The molecule has 2 aromatic rings. The largest absolute Gasteiger partial charge is 0.481 e. The van der Waals surface area contributed by atoms with Crippen molar-refractivity contribution in [2.45, 2.75) is 19.4 Å². The van der Waals surface area contributed by atoms with Gasteiger partial charge in [0.15, 0.2) is 0 Å². The second-order valence-electron chi connectivity index (χ2n) is 5.65. The van der Waals surface area contributed by atoms with Crippen molar-refractivity contribution < 1.29 is 14.7 Å². The lowest BCUT2D eigenvalue weighted by atomic mass is 10.0. The minimum atomic E-state index is -0.832. The lowest BCUT2D eigenvalue weighted by Crippen LogP contribution is -2.37. The highest BCUT2D eigenvalue weighted by atomic mass is 79.9. The van der Waals surface area contributed by atoms with E-state index in [0.717, 1.165) is 15.2 Å². The Labute approximate surface area is 136 Å². The summed E-state index contributed by atoms with van der Waals surface area (Å²) >= 11 is 3.45. The number of halogens is 1. The number of rotatable bonds is 2. The first-order chi connectivity index (χ1) is 10.5. The molecule has 1 aliphatic rings. The van der Waals surface area contributed by atoms with Gasteiger partial charge < -0.3 is 10.0 Å². The number of nitrogens with zero attached hydrogens (tertiary/aromatic N) is 1. The summed E-state index contributed by atoms with van der Waals surface area (Å²) in [6.45, 7) is 2.29. The van der Waals surface area contributed by atoms with Crippen LogP contribution in [0.5, 0.6) is 0 Å². The van der Waals surface area contributed by atoms with Gasteiger partial charge in [0.2, 0.25) is 0 Å². The first-order valence-corrected chi connectivity index (χ1v) is 8.00. The van der Waals surface area contributed by atoms with Crippen LogP contribution in [0.2, 0.25) is 0 Å². The van der Waals surface area contributed by atoms with Crippen molar-refractivity contribution in [2.24, 2.45) is 5.92 Å². The van der Waals surface area contributed by atoms with E-state index < -0.39 is 11.9 Å². The van der Waals surface area contributed by atoms with Crippen LogP contribution in [-0.2, 0) is 4.79 Å². The second kappa shape index (κ2) is 5.72. The first kappa shape index (κ1) is 15.0. The Morgan fingerprint density at radius 3 is 2.68 bits per heavy atom. The summed E-state index contributed by atoms with van der Waals surface area (Å²) < 4.78 is 0.844. The molecule has 1 saturated heterocycles. The Balaban J connectivity index is 2.01. The number of carbonyl (C=O) groups excluding carboxylic acids is 1. The number of amides is 1. The maximum Gasteiger partial charge on any atom is 0.308 e. The molecule has 0 saturated carbocycles. The van der Waals surface area contributed by atoms with Crippen molar-refractivity contribution in [2.75, 3.05) is 6.54 Å². The summed E-state index contributed by atoms with van der Waals surface area (Å²) in [4.78, 5) is 25.8. The Hall–Kier alpha value is -1.88. The molecule has 1 aliphatic heterocycles. The second-order valence-corrected chi connectivity index (χ2v) is 6.56. The fraction of sp³-hybridized carbons (Fsp3) is 0.294. The van der Waals surface area contributed by atoms with Crippen molar-refractivity contribution in [3.8, 4) is 0 Å². The molecular formula is C17H16BrNO3. The van der Waals surface area contributed by atoms with Crippen molar-refractivity contribution in [1.82, 2.24) is 4.90 Å². The van der Waals surface area contributed by atoms with Crippen molar-refractivity contribution >= 4 is 38.6 Å². The minimum Gasteiger partial charge on any atom is -0.481 e. The lowest BCUT2D eigenvalue weighted by molar-refractivity contribution is -0.142. The van der Waals surface area contributed by atoms with E-state index in [-0.39, 0.29) is 11.9 Å². The monoisotopic (exact) mass is 361 g/mol. The Kier molecular flexibility index (Phi) is 3.91. The topological polar surface area (TPSA) is 57.6 Å². The predicted molar refractivity (Wildman–Crippen MR) is 87.9 cm³/mol. The highest BCUT2D eigenvalue weighted by molar-refractivity contribution is 9.10. The molecule has 2 atom stereocenters. The number of fused-ring (bicyclic) bond motifs is 1. The van der Waals surface area contributed by atoms with Gasteiger partial charge in [0.1, 0.15) is 0 Å². The maximum absolute atomic E-state index is 12.9. The normalized spacial score (nSPS) is 21.3. The number of likely N-dealkylation sites (tertiary alicyclic amines) is 1. The molecule has 0 bridgehead atoms. The smallest absolute Gasteiger partial charge is 0.308 e. The summed E-state index contributed by atoms with van der Waals surface area (Å²) in [6, 6.07) is 11.2. The summed E-state index contributed by atoms with van der Waals surface area (Å²) in [6.07, 6.45) is 0.508. The van der Waals surface area contributed by atoms with Crippen LogP contribution in [-0.4, -0.2) is 34.5 Å². The van der Waals surface area contributed by atoms with E-state index in [1.807, 2.05) is 43.3 Å². The third-order valence-electron chi connectivity index (χ3n) is 4.39. The molecule has 1 heterocycles. The van der Waals surface area contributed by atoms with Gasteiger partial charge in [0, 0.05) is 22.6 Å². The zero-order valence-electron chi connectivity index (χ0n) is 12.1. The maximum atomic E-state index is 12.9. The SMILES string of the molecule is CC1C(C(=O)O)CCN1C(=O)c1cc(Br)cc2ccccc12. The van der Waals surface area contributed by atoms with Crippen LogP contribution in [0.4, 0.5) is 0 Å². The summed E-state index contributed by atoms with van der Waals surface area (Å²) in [5.74, 6) is -1.42. The van der Waals surface area contributed by atoms with Crippen LogP contribution >= 0.6 is 15.9 Å². The first-order valence-electron chi connectivity index (χ1n) is 7.21. The average Bonchev–Trinajstić information content (AvgIpc) is 2.87. The van der Waals surface area contributed by atoms with Gasteiger partial charge in [-0.25, -0.2) is 0 Å². The number of carboxylic acids is 1. The van der Waals surface area contributed by atoms with E-state index in [0.29, 0.717) is 18.5 Å². The lowest BCUT2D eigenvalue weighted by Gasteiger charge is -2.24. The summed E-state index contributed by atoms with van der Waals surface area (Å²) in [7, 11) is 0. The van der Waals surface area contributed by atoms with Crippen LogP contribution in [0.15, 0.2) is 40.9 Å². The quantitative estimate of drug-likeness (QED) is 0.889. The zero-order valence-corrected chi connectivity index (χ0v) is 13.7. The van der Waals surface area contributed by atoms with Gasteiger partial charge in [-0.3, -0.25) is 9.59 Å². The van der Waals surface area contributed by atoms with Crippen LogP contribution in [0, 0.1) is 5.92 Å². The van der Waals surface area contributed by atoms with Crippen molar-refractivity contribution in [1.29, 1.82) is 0 Å². The number of hydrogen-bond donors (Lipinski definition) is 1. The fourth-order valence-corrected chi connectivity index (χ4v) is 3.64. The molecule has 3 rings (SSSR count). The number of carboxylic acid groups (broad SMARTS) is 1. The van der Waals surface area contributed by atoms with Crippen molar-refractivity contribution in [3.05, 3.63) is 46.4 Å². The Morgan fingerprint density at radius 1 is 1.27 bits per heavy atom. The van der Waals surface area contributed by atoms with Gasteiger partial charge in [-0.15, -0.1) is 0 Å². The van der Waals surface area contributed by atoms with E-state index in [2.05, 4.69) is 15.9 Å². The third kappa shape index (κ3) is 2.50. The van der Waals surface area contributed by atoms with Gasteiger partial charge in [0.25, 0.3) is 5.91 Å². The van der Waals surface area contributed by atoms with Gasteiger partial charge in [-0.1, -0.05) is 40.2 Å². The molecule has 4 nitrogen and oxygen atoms in total. The fourth-order valence-electron chi connectivity index (χ4n) is 3.16. The average molecular weight is 362 g/mol. The molecule has 114 valence electrons. The third-order valence-corrected chi connectivity index (χ3v) is 4.85.